The Labute approximate surface area is 61.5 Å². The van der Waals surface area contributed by atoms with E-state index >= 15 is 0 Å². The fourth-order valence-corrected chi connectivity index (χ4v) is 0.845. The molecule has 1 heterocycles. The summed E-state index contributed by atoms with van der Waals surface area (Å²) in [5, 5.41) is 9.27. The van der Waals surface area contributed by atoms with E-state index in [1.807, 2.05) is 13.7 Å². The maximum Gasteiger partial charge on any atom is 0.453 e. The molecule has 0 spiro atoms. The summed E-state index contributed by atoms with van der Waals surface area (Å²) in [4.78, 5) is 0. The Morgan fingerprint density at radius 3 is 2.70 bits per heavy atom. The molecule has 1 aliphatic heterocycles. The van der Waals surface area contributed by atoms with Gasteiger partial charge in [-0.25, -0.2) is 0 Å². The van der Waals surface area contributed by atoms with Crippen LogP contribution >= 0.6 is 0 Å². The van der Waals surface area contributed by atoms with Crippen LogP contribution in [0.3, 0.4) is 0 Å². The second-order valence-electron chi connectivity index (χ2n) is 2.78. The Morgan fingerprint density at radius 2 is 2.00 bits per heavy atom. The van der Waals surface area contributed by atoms with Gasteiger partial charge in [-0.1, -0.05) is 6.92 Å². The lowest BCUT2D eigenvalue weighted by molar-refractivity contribution is 0.0706. The lowest BCUT2D eigenvalue weighted by Gasteiger charge is -2.12. The highest BCUT2D eigenvalue weighted by atomic mass is 16.6. The van der Waals surface area contributed by atoms with Crippen LogP contribution in [-0.4, -0.2) is 31.5 Å². The molecule has 1 N–H and O–H groups in total. The highest BCUT2D eigenvalue weighted by molar-refractivity contribution is 6.42. The topological polar surface area (TPSA) is 38.7 Å². The van der Waals surface area contributed by atoms with E-state index in [9.17, 15) is 5.11 Å². The van der Waals surface area contributed by atoms with Crippen LogP contribution in [0, 0.1) is 5.92 Å². The maximum absolute atomic E-state index is 9.27. The molecule has 0 aromatic carbocycles. The van der Waals surface area contributed by atoms with Gasteiger partial charge in [0, 0.05) is 12.5 Å². The van der Waals surface area contributed by atoms with Gasteiger partial charge in [-0.15, -0.1) is 0 Å². The number of hydrogen-bond donors (Lipinski definition) is 1. The van der Waals surface area contributed by atoms with Crippen LogP contribution in [0.5, 0.6) is 0 Å². The van der Waals surface area contributed by atoms with Gasteiger partial charge in [-0.05, 0) is 6.82 Å². The molecule has 1 saturated heterocycles. The van der Waals surface area contributed by atoms with Crippen molar-refractivity contribution in [3.63, 3.8) is 0 Å². The molecule has 1 rings (SSSR count). The zero-order valence-electron chi connectivity index (χ0n) is 6.41. The molecule has 0 bridgehead atoms. The zero-order chi connectivity index (χ0) is 7.56. The molecule has 2 atom stereocenters. The van der Waals surface area contributed by atoms with E-state index in [-0.39, 0.29) is 19.1 Å². The molecule has 3 nitrogen and oxygen atoms in total. The third-order valence-electron chi connectivity index (χ3n) is 1.75. The molecule has 0 amide bonds. The predicted molar refractivity (Wildman–Crippen MR) is 38.7 cm³/mol. The third kappa shape index (κ3) is 1.97. The summed E-state index contributed by atoms with van der Waals surface area (Å²) in [6.45, 7) is 4.77. The van der Waals surface area contributed by atoms with Crippen LogP contribution in [0.15, 0.2) is 0 Å². The van der Waals surface area contributed by atoms with Crippen LogP contribution in [0.4, 0.5) is 0 Å². The Hall–Kier alpha value is -0.0551. The lowest BCUT2D eigenvalue weighted by Crippen LogP contribution is -2.23. The molecular formula is C6H13BO3. The summed E-state index contributed by atoms with van der Waals surface area (Å²) in [6.07, 6.45) is -0.370. The zero-order valence-corrected chi connectivity index (χ0v) is 6.41. The minimum absolute atomic E-state index is 0.167. The van der Waals surface area contributed by atoms with Gasteiger partial charge in [0.25, 0.3) is 0 Å². The fraction of sp³-hybridized carbons (Fsp3) is 1.00. The van der Waals surface area contributed by atoms with E-state index in [0.717, 1.165) is 0 Å². The highest BCUT2D eigenvalue weighted by Crippen LogP contribution is 2.09. The number of aliphatic hydroxyl groups excluding tert-OH is 1. The van der Waals surface area contributed by atoms with Crippen molar-refractivity contribution >= 4 is 7.12 Å². The normalized spacial score (nSPS) is 35.7. The monoisotopic (exact) mass is 144 g/mol. The van der Waals surface area contributed by atoms with E-state index in [2.05, 4.69) is 0 Å². The van der Waals surface area contributed by atoms with E-state index in [1.165, 1.54) is 0 Å². The van der Waals surface area contributed by atoms with Crippen molar-refractivity contribution in [1.82, 2.24) is 0 Å². The Morgan fingerprint density at radius 1 is 1.40 bits per heavy atom. The molecule has 0 aromatic heterocycles. The maximum atomic E-state index is 9.27. The minimum atomic E-state index is -0.370. The van der Waals surface area contributed by atoms with Crippen LogP contribution < -0.4 is 0 Å². The summed E-state index contributed by atoms with van der Waals surface area (Å²) < 4.78 is 10.3. The largest absolute Gasteiger partial charge is 0.453 e. The van der Waals surface area contributed by atoms with Crippen molar-refractivity contribution in [2.75, 3.05) is 13.2 Å². The first-order valence-electron chi connectivity index (χ1n) is 3.61. The molecule has 58 valence electrons. The van der Waals surface area contributed by atoms with Gasteiger partial charge < -0.3 is 14.4 Å². The fourth-order valence-electron chi connectivity index (χ4n) is 0.845. The van der Waals surface area contributed by atoms with E-state index in [0.29, 0.717) is 13.2 Å². The Bertz CT molecular complexity index is 97.2. The molecular weight excluding hydrogens is 131 g/mol. The first-order chi connectivity index (χ1) is 4.70. The molecule has 2 unspecified atom stereocenters. The summed E-state index contributed by atoms with van der Waals surface area (Å²) >= 11 is 0. The average Bonchev–Trinajstić information content (AvgIpc) is 2.04. The number of rotatable bonds is 0. The highest BCUT2D eigenvalue weighted by Gasteiger charge is 2.23. The second-order valence-corrected chi connectivity index (χ2v) is 2.78. The Balaban J connectivity index is 2.38. The second kappa shape index (κ2) is 3.37. The van der Waals surface area contributed by atoms with Crippen molar-refractivity contribution in [3.05, 3.63) is 0 Å². The molecule has 1 aliphatic rings. The molecule has 10 heavy (non-hydrogen) atoms. The smallest absolute Gasteiger partial charge is 0.411 e. The summed E-state index contributed by atoms with van der Waals surface area (Å²) in [7, 11) is -0.167. The van der Waals surface area contributed by atoms with Gasteiger partial charge in [0.1, 0.15) is 0 Å². The van der Waals surface area contributed by atoms with E-state index in [4.69, 9.17) is 9.31 Å². The molecule has 1 fully saturated rings. The van der Waals surface area contributed by atoms with Crippen molar-refractivity contribution in [2.45, 2.75) is 19.9 Å². The van der Waals surface area contributed by atoms with Gasteiger partial charge in [0.05, 0.1) is 12.7 Å². The SMILES string of the molecule is CB1OCC(C)C(O)CO1. The van der Waals surface area contributed by atoms with Gasteiger partial charge in [0.15, 0.2) is 0 Å². The van der Waals surface area contributed by atoms with Gasteiger partial charge >= 0.3 is 7.12 Å². The summed E-state index contributed by atoms with van der Waals surface area (Å²) in [5.41, 5.74) is 0. The minimum Gasteiger partial charge on any atom is -0.411 e. The van der Waals surface area contributed by atoms with Gasteiger partial charge in [0.2, 0.25) is 0 Å². The molecule has 0 aliphatic carbocycles. The van der Waals surface area contributed by atoms with Crippen molar-refractivity contribution in [2.24, 2.45) is 5.92 Å². The first kappa shape index (κ1) is 8.05. The van der Waals surface area contributed by atoms with Crippen molar-refractivity contribution in [3.8, 4) is 0 Å². The van der Waals surface area contributed by atoms with Crippen LogP contribution in [0.1, 0.15) is 6.92 Å². The summed E-state index contributed by atoms with van der Waals surface area (Å²) in [6, 6.07) is 0. The number of aliphatic hydroxyl groups is 1. The van der Waals surface area contributed by atoms with Crippen LogP contribution in [-0.2, 0) is 9.31 Å². The van der Waals surface area contributed by atoms with Crippen LogP contribution in [0.2, 0.25) is 6.82 Å². The Kier molecular flexibility index (Phi) is 2.71. The lowest BCUT2D eigenvalue weighted by atomic mass is 9.96. The summed E-state index contributed by atoms with van der Waals surface area (Å²) in [5.74, 6) is 0.185. The van der Waals surface area contributed by atoms with Gasteiger partial charge in [-0.3, -0.25) is 0 Å². The van der Waals surface area contributed by atoms with Crippen molar-refractivity contribution in [1.29, 1.82) is 0 Å². The van der Waals surface area contributed by atoms with Crippen LogP contribution in [0.25, 0.3) is 0 Å². The van der Waals surface area contributed by atoms with Crippen molar-refractivity contribution < 1.29 is 14.4 Å². The molecule has 0 radical (unpaired) electrons. The van der Waals surface area contributed by atoms with Gasteiger partial charge in [-0.2, -0.15) is 0 Å². The predicted octanol–water partition coefficient (Wildman–Crippen LogP) is 0.148. The molecule has 0 saturated carbocycles. The first-order valence-corrected chi connectivity index (χ1v) is 3.61. The standard InChI is InChI=1S/C6H13BO3/c1-5-3-9-7(2)10-4-6(5)8/h5-6,8H,3-4H2,1-2H3. The van der Waals surface area contributed by atoms with E-state index < -0.39 is 0 Å². The van der Waals surface area contributed by atoms with E-state index in [1.54, 1.807) is 0 Å². The molecule has 0 aromatic rings. The quantitative estimate of drug-likeness (QED) is 0.491. The molecule has 4 heteroatoms. The number of hydrogen-bond acceptors (Lipinski definition) is 3. The third-order valence-corrected chi connectivity index (χ3v) is 1.75. The average molecular weight is 144 g/mol.